The first-order valence-corrected chi connectivity index (χ1v) is 11.6. The molecule has 2 bridgehead atoms. The molecule has 0 unspecified atom stereocenters. The molecule has 0 radical (unpaired) electrons. The summed E-state index contributed by atoms with van der Waals surface area (Å²) < 4.78 is 1.76. The third-order valence-corrected chi connectivity index (χ3v) is 6.84. The predicted octanol–water partition coefficient (Wildman–Crippen LogP) is 3.85. The molecule has 6 nitrogen and oxygen atoms in total. The first kappa shape index (κ1) is 23.0. The van der Waals surface area contributed by atoms with Crippen molar-refractivity contribution >= 4 is 11.8 Å². The highest BCUT2D eigenvalue weighted by molar-refractivity contribution is 5.99. The Morgan fingerprint density at radius 3 is 2.52 bits per heavy atom. The fourth-order valence-electron chi connectivity index (χ4n) is 5.94. The van der Waals surface area contributed by atoms with E-state index >= 15 is 0 Å². The maximum absolute atomic E-state index is 13.7. The Bertz CT molecular complexity index is 1140. The van der Waals surface area contributed by atoms with Crippen molar-refractivity contribution in [2.24, 2.45) is 10.8 Å². The van der Waals surface area contributed by atoms with E-state index < -0.39 is 11.3 Å². The molecule has 2 fully saturated rings. The summed E-state index contributed by atoms with van der Waals surface area (Å²) in [7, 11) is 0. The molecule has 2 aliphatic rings. The van der Waals surface area contributed by atoms with Crippen LogP contribution in [0.3, 0.4) is 0 Å². The van der Waals surface area contributed by atoms with Crippen molar-refractivity contribution in [1.29, 1.82) is 0 Å². The lowest BCUT2D eigenvalue weighted by atomic mass is 9.65. The lowest BCUT2D eigenvalue weighted by Crippen LogP contribution is -2.41. The standard InChI is InChI=1S/C27H33N3O3/c1-5-11-28-24(32)21-15-29(14-19-9-7-6-8-10-19)16-22(23(21)31)25(33)30-18-27(4)13-20(30)12-26(2,3)17-27/h5-10,15-16,20H,1,11-14,17-18H2,2-4H3,(H,28,32)/t20-,27-/m1/s1. The first-order valence-electron chi connectivity index (χ1n) is 11.6. The molecule has 4 rings (SSSR count). The molecule has 1 aliphatic heterocycles. The summed E-state index contributed by atoms with van der Waals surface area (Å²) >= 11 is 0. The van der Waals surface area contributed by atoms with Gasteiger partial charge in [0.05, 0.1) is 0 Å². The molecule has 1 aromatic heterocycles. The van der Waals surface area contributed by atoms with Crippen molar-refractivity contribution in [2.45, 2.75) is 52.6 Å². The van der Waals surface area contributed by atoms with Gasteiger partial charge in [-0.05, 0) is 35.7 Å². The number of nitrogens with one attached hydrogen (secondary N) is 1. The van der Waals surface area contributed by atoms with Crippen LogP contribution in [-0.4, -0.2) is 40.4 Å². The average molecular weight is 448 g/mol. The number of fused-ring (bicyclic) bond motifs is 2. The van der Waals surface area contributed by atoms with Crippen LogP contribution in [-0.2, 0) is 6.54 Å². The zero-order valence-electron chi connectivity index (χ0n) is 19.8. The van der Waals surface area contributed by atoms with Crippen LogP contribution < -0.4 is 10.7 Å². The molecule has 1 N–H and O–H groups in total. The molecule has 2 amide bonds. The molecule has 0 spiro atoms. The maximum atomic E-state index is 13.7. The number of pyridine rings is 1. The lowest BCUT2D eigenvalue weighted by Gasteiger charge is -2.39. The highest BCUT2D eigenvalue weighted by atomic mass is 16.2. The average Bonchev–Trinajstić information content (AvgIpc) is 3.01. The number of carbonyl (C=O) groups is 2. The summed E-state index contributed by atoms with van der Waals surface area (Å²) in [4.78, 5) is 41.7. The van der Waals surface area contributed by atoms with E-state index in [1.54, 1.807) is 16.8 Å². The van der Waals surface area contributed by atoms with Gasteiger partial charge in [0.2, 0.25) is 5.43 Å². The highest BCUT2D eigenvalue weighted by Crippen LogP contribution is 2.52. The van der Waals surface area contributed by atoms with E-state index in [0.717, 1.165) is 24.8 Å². The Morgan fingerprint density at radius 2 is 1.82 bits per heavy atom. The highest BCUT2D eigenvalue weighted by Gasteiger charge is 2.51. The number of hydrogen-bond donors (Lipinski definition) is 1. The van der Waals surface area contributed by atoms with Gasteiger partial charge in [0.15, 0.2) is 0 Å². The van der Waals surface area contributed by atoms with Crippen molar-refractivity contribution in [2.75, 3.05) is 13.1 Å². The first-order chi connectivity index (χ1) is 15.6. The van der Waals surface area contributed by atoms with Gasteiger partial charge in [-0.3, -0.25) is 14.4 Å². The Kier molecular flexibility index (Phi) is 6.04. The van der Waals surface area contributed by atoms with Gasteiger partial charge in [-0.15, -0.1) is 6.58 Å². The molecule has 1 saturated carbocycles. The van der Waals surface area contributed by atoms with E-state index in [1.165, 1.54) is 6.20 Å². The third kappa shape index (κ3) is 4.80. The van der Waals surface area contributed by atoms with Gasteiger partial charge >= 0.3 is 0 Å². The second kappa shape index (κ2) is 8.65. The normalized spacial score (nSPS) is 23.2. The molecular formula is C27H33N3O3. The summed E-state index contributed by atoms with van der Waals surface area (Å²) in [5.74, 6) is -0.767. The smallest absolute Gasteiger partial charge is 0.259 e. The van der Waals surface area contributed by atoms with Crippen LogP contribution in [0.5, 0.6) is 0 Å². The largest absolute Gasteiger partial charge is 0.348 e. The monoisotopic (exact) mass is 447 g/mol. The van der Waals surface area contributed by atoms with Crippen molar-refractivity contribution in [3.63, 3.8) is 0 Å². The van der Waals surface area contributed by atoms with E-state index in [9.17, 15) is 14.4 Å². The zero-order chi connectivity index (χ0) is 23.8. The molecule has 174 valence electrons. The minimum absolute atomic E-state index is 0.0210. The Morgan fingerprint density at radius 1 is 1.12 bits per heavy atom. The van der Waals surface area contributed by atoms with Crippen molar-refractivity contribution < 1.29 is 9.59 Å². The van der Waals surface area contributed by atoms with Crippen molar-refractivity contribution in [3.8, 4) is 0 Å². The topological polar surface area (TPSA) is 71.4 Å². The second-order valence-corrected chi connectivity index (χ2v) is 10.7. The van der Waals surface area contributed by atoms with Gasteiger partial charge in [-0.25, -0.2) is 0 Å². The fourth-order valence-corrected chi connectivity index (χ4v) is 5.94. The number of aromatic nitrogens is 1. The second-order valence-electron chi connectivity index (χ2n) is 10.7. The number of rotatable bonds is 6. The van der Waals surface area contributed by atoms with Crippen LogP contribution >= 0.6 is 0 Å². The zero-order valence-corrected chi connectivity index (χ0v) is 19.8. The number of benzene rings is 1. The molecular weight excluding hydrogens is 414 g/mol. The summed E-state index contributed by atoms with van der Waals surface area (Å²) in [6.45, 7) is 11.7. The molecule has 2 atom stereocenters. The number of amides is 2. The van der Waals surface area contributed by atoms with E-state index in [2.05, 4.69) is 32.7 Å². The lowest BCUT2D eigenvalue weighted by molar-refractivity contribution is 0.0706. The summed E-state index contributed by atoms with van der Waals surface area (Å²) in [6.07, 6.45) is 7.64. The van der Waals surface area contributed by atoms with Gasteiger partial charge in [0, 0.05) is 38.1 Å². The van der Waals surface area contributed by atoms with Gasteiger partial charge in [-0.1, -0.05) is 57.2 Å². The maximum Gasteiger partial charge on any atom is 0.259 e. The fraction of sp³-hybridized carbons (Fsp3) is 0.444. The third-order valence-electron chi connectivity index (χ3n) is 6.84. The molecule has 33 heavy (non-hydrogen) atoms. The van der Waals surface area contributed by atoms with Crippen LogP contribution in [0, 0.1) is 10.8 Å². The summed E-state index contributed by atoms with van der Waals surface area (Å²) in [5, 5.41) is 2.67. The Labute approximate surface area is 195 Å². The van der Waals surface area contributed by atoms with Crippen LogP contribution in [0.1, 0.15) is 66.3 Å². The summed E-state index contributed by atoms with van der Waals surface area (Å²) in [5.41, 5.74) is 0.759. The number of nitrogens with zero attached hydrogens (tertiary/aromatic N) is 2. The summed E-state index contributed by atoms with van der Waals surface area (Å²) in [6, 6.07) is 9.88. The van der Waals surface area contributed by atoms with E-state index in [0.29, 0.717) is 13.1 Å². The van der Waals surface area contributed by atoms with E-state index in [-0.39, 0.29) is 40.5 Å². The molecule has 2 heterocycles. The van der Waals surface area contributed by atoms with Crippen molar-refractivity contribution in [3.05, 3.63) is 82.3 Å². The van der Waals surface area contributed by atoms with Gasteiger partial charge < -0.3 is 14.8 Å². The Hall–Kier alpha value is -3.15. The van der Waals surface area contributed by atoms with Gasteiger partial charge in [-0.2, -0.15) is 0 Å². The van der Waals surface area contributed by atoms with Crippen LogP contribution in [0.2, 0.25) is 0 Å². The minimum atomic E-state index is -0.517. The predicted molar refractivity (Wildman–Crippen MR) is 129 cm³/mol. The van der Waals surface area contributed by atoms with Crippen molar-refractivity contribution in [1.82, 2.24) is 14.8 Å². The van der Waals surface area contributed by atoms with Gasteiger partial charge in [0.25, 0.3) is 11.8 Å². The molecule has 1 saturated heterocycles. The number of hydrogen-bond acceptors (Lipinski definition) is 3. The Balaban J connectivity index is 1.72. The van der Waals surface area contributed by atoms with E-state index in [4.69, 9.17) is 0 Å². The minimum Gasteiger partial charge on any atom is -0.348 e. The van der Waals surface area contributed by atoms with Crippen LogP contribution in [0.4, 0.5) is 0 Å². The van der Waals surface area contributed by atoms with Crippen LogP contribution in [0.15, 0.2) is 60.2 Å². The molecule has 2 aromatic rings. The van der Waals surface area contributed by atoms with Crippen LogP contribution in [0.25, 0.3) is 0 Å². The number of carbonyl (C=O) groups excluding carboxylic acids is 2. The molecule has 6 heteroatoms. The SMILES string of the molecule is C=CCNC(=O)c1cn(Cc2ccccc2)cc(C(=O)N2C[C@]3(C)C[C@H]2CC(C)(C)C3)c1=O. The quantitative estimate of drug-likeness (QED) is 0.684. The van der Waals surface area contributed by atoms with Gasteiger partial charge in [0.1, 0.15) is 11.1 Å². The molecule has 1 aromatic carbocycles. The van der Waals surface area contributed by atoms with E-state index in [1.807, 2.05) is 35.2 Å². The molecule has 1 aliphatic carbocycles. The number of likely N-dealkylation sites (tertiary alicyclic amines) is 1.